The van der Waals surface area contributed by atoms with Crippen LogP contribution in [0.1, 0.15) is 16.1 Å². The quantitative estimate of drug-likeness (QED) is 0.652. The van der Waals surface area contributed by atoms with Crippen molar-refractivity contribution >= 4 is 11.8 Å². The third-order valence-electron chi connectivity index (χ3n) is 2.92. The van der Waals surface area contributed by atoms with Gasteiger partial charge in [-0.15, -0.1) is 0 Å². The lowest BCUT2D eigenvalue weighted by Crippen LogP contribution is -2.35. The lowest BCUT2D eigenvalue weighted by molar-refractivity contribution is -0.120. The summed E-state index contributed by atoms with van der Waals surface area (Å²) in [5.74, 6) is -1.03. The van der Waals surface area contributed by atoms with Gasteiger partial charge in [0.05, 0.1) is 6.42 Å². The first-order chi connectivity index (χ1) is 11.0. The van der Waals surface area contributed by atoms with Crippen LogP contribution in [0.2, 0.25) is 0 Å². The number of nitrogens with zero attached hydrogens (tertiary/aromatic N) is 1. The Kier molecular flexibility index (Phi) is 5.56. The number of carbonyl (C=O) groups excluding carboxylic acids is 2. The molecule has 2 aromatic rings. The fraction of sp³-hybridized carbons (Fsp3) is 0.200. The fourth-order valence-electron chi connectivity index (χ4n) is 1.79. The number of hydrogen-bond acceptors (Lipinski definition) is 4. The number of H-pyrrole nitrogens is 1. The molecule has 2 amide bonds. The van der Waals surface area contributed by atoms with Crippen LogP contribution in [0.15, 0.2) is 41.2 Å². The highest BCUT2D eigenvalue weighted by atomic mass is 19.1. The van der Waals surface area contributed by atoms with E-state index in [0.717, 1.165) is 0 Å². The average Bonchev–Trinajstić information content (AvgIpc) is 2.54. The van der Waals surface area contributed by atoms with Gasteiger partial charge in [0, 0.05) is 19.2 Å². The molecule has 0 fully saturated rings. The molecule has 1 aromatic heterocycles. The standard InChI is InChI=1S/C15H15FN4O3/c16-11-3-1-10(2-4-11)9-14(22)17-7-8-18-15(23)12-5-6-13(21)20-19-12/h1-6H,7-9H2,(H,17,22)(H,18,23)(H,20,21). The van der Waals surface area contributed by atoms with Gasteiger partial charge in [0.15, 0.2) is 0 Å². The van der Waals surface area contributed by atoms with Gasteiger partial charge in [0.2, 0.25) is 5.91 Å². The maximum absolute atomic E-state index is 12.7. The third kappa shape index (κ3) is 5.34. The molecule has 3 N–H and O–H groups in total. The van der Waals surface area contributed by atoms with E-state index < -0.39 is 11.5 Å². The molecule has 1 aromatic carbocycles. The number of amides is 2. The largest absolute Gasteiger partial charge is 0.354 e. The summed E-state index contributed by atoms with van der Waals surface area (Å²) in [6, 6.07) is 8.17. The molecule has 0 unspecified atom stereocenters. The highest BCUT2D eigenvalue weighted by molar-refractivity contribution is 5.92. The van der Waals surface area contributed by atoms with Crippen molar-refractivity contribution in [3.05, 3.63) is 63.8 Å². The molecule has 0 bridgehead atoms. The van der Waals surface area contributed by atoms with E-state index >= 15 is 0 Å². The molecule has 0 aliphatic rings. The minimum Gasteiger partial charge on any atom is -0.354 e. The molecule has 0 spiro atoms. The molecule has 120 valence electrons. The molecule has 0 aliphatic heterocycles. The third-order valence-corrected chi connectivity index (χ3v) is 2.92. The van der Waals surface area contributed by atoms with E-state index in [1.54, 1.807) is 12.1 Å². The van der Waals surface area contributed by atoms with Crippen molar-refractivity contribution in [1.29, 1.82) is 0 Å². The summed E-state index contributed by atoms with van der Waals surface area (Å²) in [4.78, 5) is 34.2. The minimum atomic E-state index is -0.450. The van der Waals surface area contributed by atoms with Crippen molar-refractivity contribution < 1.29 is 14.0 Å². The molecule has 8 heteroatoms. The first-order valence-electron chi connectivity index (χ1n) is 6.89. The minimum absolute atomic E-state index is 0.0854. The maximum atomic E-state index is 12.7. The van der Waals surface area contributed by atoms with Gasteiger partial charge in [-0.2, -0.15) is 5.10 Å². The van der Waals surface area contributed by atoms with Gasteiger partial charge in [-0.1, -0.05) is 12.1 Å². The lowest BCUT2D eigenvalue weighted by atomic mass is 10.1. The van der Waals surface area contributed by atoms with Crippen LogP contribution in [0, 0.1) is 5.82 Å². The summed E-state index contributed by atoms with van der Waals surface area (Å²) in [6.45, 7) is 0.462. The first-order valence-corrected chi connectivity index (χ1v) is 6.89. The number of aromatic nitrogens is 2. The fourth-order valence-corrected chi connectivity index (χ4v) is 1.79. The summed E-state index contributed by atoms with van der Waals surface area (Å²) in [7, 11) is 0. The van der Waals surface area contributed by atoms with Crippen LogP contribution in [-0.2, 0) is 11.2 Å². The molecule has 2 rings (SSSR count). The number of aromatic amines is 1. The van der Waals surface area contributed by atoms with Gasteiger partial charge in [-0.05, 0) is 23.8 Å². The van der Waals surface area contributed by atoms with Crippen molar-refractivity contribution in [3.63, 3.8) is 0 Å². The topological polar surface area (TPSA) is 104 Å². The Balaban J connectivity index is 1.69. The summed E-state index contributed by atoms with van der Waals surface area (Å²) in [6.07, 6.45) is 0.135. The highest BCUT2D eigenvalue weighted by Crippen LogP contribution is 2.03. The van der Waals surface area contributed by atoms with Crippen molar-refractivity contribution in [1.82, 2.24) is 20.8 Å². The van der Waals surface area contributed by atoms with E-state index in [2.05, 4.69) is 20.8 Å². The molecule has 0 radical (unpaired) electrons. The van der Waals surface area contributed by atoms with Gasteiger partial charge in [0.25, 0.3) is 11.5 Å². The monoisotopic (exact) mass is 318 g/mol. The second-order valence-electron chi connectivity index (χ2n) is 4.72. The molecule has 0 saturated carbocycles. The molecule has 0 saturated heterocycles. The molecule has 0 atom stereocenters. The number of benzene rings is 1. The Morgan fingerprint density at radius 1 is 1.04 bits per heavy atom. The van der Waals surface area contributed by atoms with E-state index in [0.29, 0.717) is 5.56 Å². The van der Waals surface area contributed by atoms with Crippen LogP contribution in [0.25, 0.3) is 0 Å². The Bertz CT molecular complexity index is 723. The van der Waals surface area contributed by atoms with Crippen LogP contribution in [0.3, 0.4) is 0 Å². The van der Waals surface area contributed by atoms with Crippen molar-refractivity contribution in [3.8, 4) is 0 Å². The van der Waals surface area contributed by atoms with Crippen molar-refractivity contribution in [2.24, 2.45) is 0 Å². The molecule has 1 heterocycles. The van der Waals surface area contributed by atoms with Crippen LogP contribution < -0.4 is 16.2 Å². The maximum Gasteiger partial charge on any atom is 0.271 e. The summed E-state index contributed by atoms with van der Waals surface area (Å²) in [5, 5.41) is 10.9. The van der Waals surface area contributed by atoms with Crippen molar-refractivity contribution in [2.45, 2.75) is 6.42 Å². The smallest absolute Gasteiger partial charge is 0.271 e. The van der Waals surface area contributed by atoms with E-state index in [1.165, 1.54) is 24.3 Å². The number of hydrogen-bond donors (Lipinski definition) is 3. The van der Waals surface area contributed by atoms with Gasteiger partial charge in [-0.25, -0.2) is 9.49 Å². The van der Waals surface area contributed by atoms with Crippen molar-refractivity contribution in [2.75, 3.05) is 13.1 Å². The molecular formula is C15H15FN4O3. The number of rotatable bonds is 6. The zero-order valence-electron chi connectivity index (χ0n) is 12.1. The van der Waals surface area contributed by atoms with Crippen LogP contribution in [0.4, 0.5) is 4.39 Å². The average molecular weight is 318 g/mol. The Morgan fingerprint density at radius 3 is 2.39 bits per heavy atom. The van der Waals surface area contributed by atoms with E-state index in [4.69, 9.17) is 0 Å². The normalized spacial score (nSPS) is 10.1. The van der Waals surface area contributed by atoms with Gasteiger partial charge < -0.3 is 10.6 Å². The second kappa shape index (κ2) is 7.83. The highest BCUT2D eigenvalue weighted by Gasteiger charge is 2.07. The number of nitrogens with one attached hydrogen (secondary N) is 3. The second-order valence-corrected chi connectivity index (χ2v) is 4.72. The predicted octanol–water partition coefficient (Wildman–Crippen LogP) is -0.00230. The zero-order chi connectivity index (χ0) is 16.7. The number of halogens is 1. The van der Waals surface area contributed by atoms with Crippen LogP contribution >= 0.6 is 0 Å². The Hall–Kier alpha value is -3.03. The van der Waals surface area contributed by atoms with Gasteiger partial charge >= 0.3 is 0 Å². The van der Waals surface area contributed by atoms with E-state index in [1.807, 2.05) is 0 Å². The van der Waals surface area contributed by atoms with Crippen LogP contribution in [-0.4, -0.2) is 35.1 Å². The molecular weight excluding hydrogens is 303 g/mol. The SMILES string of the molecule is O=C(Cc1ccc(F)cc1)NCCNC(=O)c1ccc(=O)[nH]n1. The van der Waals surface area contributed by atoms with Gasteiger partial charge in [0.1, 0.15) is 11.5 Å². The molecule has 23 heavy (non-hydrogen) atoms. The number of carbonyl (C=O) groups is 2. The van der Waals surface area contributed by atoms with Crippen LogP contribution in [0.5, 0.6) is 0 Å². The van der Waals surface area contributed by atoms with E-state index in [9.17, 15) is 18.8 Å². The molecule has 7 nitrogen and oxygen atoms in total. The Morgan fingerprint density at radius 2 is 1.74 bits per heavy atom. The van der Waals surface area contributed by atoms with E-state index in [-0.39, 0.29) is 36.9 Å². The zero-order valence-corrected chi connectivity index (χ0v) is 12.1. The Labute approximate surface area is 130 Å². The first kappa shape index (κ1) is 16.3. The summed E-state index contributed by atoms with van der Waals surface area (Å²) >= 11 is 0. The van der Waals surface area contributed by atoms with Gasteiger partial charge in [-0.3, -0.25) is 14.4 Å². The lowest BCUT2D eigenvalue weighted by Gasteiger charge is -2.07. The predicted molar refractivity (Wildman–Crippen MR) is 80.3 cm³/mol. The molecule has 0 aliphatic carbocycles. The summed E-state index contributed by atoms with van der Waals surface area (Å²) < 4.78 is 12.7. The summed E-state index contributed by atoms with van der Waals surface area (Å²) in [5.41, 5.74) is 0.391.